The van der Waals surface area contributed by atoms with E-state index in [1.165, 1.54) is 6.07 Å². The van der Waals surface area contributed by atoms with Crippen LogP contribution in [0.25, 0.3) is 0 Å². The molecule has 1 amide bonds. The number of amides is 1. The standard InChI is InChI=1S/C16H23N3O4S/c1-11-8-18(9-12(2)23-11)10-16(20)19-6-5-13-7-14(24(17,21)22)3-4-15(13)19/h3-4,7,11-12H,5-6,8-10H2,1-2H3,(H2,17,21,22)/t11-,12+. The largest absolute Gasteiger partial charge is 0.373 e. The van der Waals surface area contributed by atoms with Crippen LogP contribution < -0.4 is 10.0 Å². The number of anilines is 1. The first kappa shape index (κ1) is 17.3. The van der Waals surface area contributed by atoms with Gasteiger partial charge in [-0.1, -0.05) is 0 Å². The molecule has 3 rings (SSSR count). The van der Waals surface area contributed by atoms with Gasteiger partial charge in [0.1, 0.15) is 0 Å². The molecule has 1 aromatic carbocycles. The fourth-order valence-corrected chi connectivity index (χ4v) is 4.07. The number of rotatable bonds is 3. The molecule has 1 saturated heterocycles. The van der Waals surface area contributed by atoms with Gasteiger partial charge in [-0.05, 0) is 44.0 Å². The number of fused-ring (bicyclic) bond motifs is 1. The average Bonchev–Trinajstić information content (AvgIpc) is 2.88. The van der Waals surface area contributed by atoms with Crippen LogP contribution in [0.15, 0.2) is 23.1 Å². The van der Waals surface area contributed by atoms with Gasteiger partial charge in [0, 0.05) is 25.3 Å². The second kappa shape index (κ2) is 6.44. The number of ether oxygens (including phenoxy) is 1. The van der Waals surface area contributed by atoms with E-state index in [1.54, 1.807) is 17.0 Å². The van der Waals surface area contributed by atoms with Crippen LogP contribution in [-0.2, 0) is 26.0 Å². The van der Waals surface area contributed by atoms with E-state index in [0.29, 0.717) is 19.5 Å². The van der Waals surface area contributed by atoms with E-state index < -0.39 is 10.0 Å². The Labute approximate surface area is 142 Å². The fraction of sp³-hybridized carbons (Fsp3) is 0.562. The molecule has 0 radical (unpaired) electrons. The SMILES string of the molecule is C[C@@H]1CN(CC(=O)N2CCc3cc(S(N)(=O)=O)ccc32)C[C@H](C)O1. The number of nitrogens with two attached hydrogens (primary N) is 1. The van der Waals surface area contributed by atoms with Crippen molar-refractivity contribution < 1.29 is 17.9 Å². The number of morpholine rings is 1. The fourth-order valence-electron chi connectivity index (χ4n) is 3.50. The Balaban J connectivity index is 1.73. The Bertz CT molecular complexity index is 740. The Morgan fingerprint density at radius 2 is 1.96 bits per heavy atom. The highest BCUT2D eigenvalue weighted by Crippen LogP contribution is 2.30. The van der Waals surface area contributed by atoms with Crippen LogP contribution in [0.5, 0.6) is 0 Å². The summed E-state index contributed by atoms with van der Waals surface area (Å²) in [6.07, 6.45) is 0.870. The summed E-state index contributed by atoms with van der Waals surface area (Å²) in [5.74, 6) is 0.0263. The number of hydrogen-bond acceptors (Lipinski definition) is 5. The summed E-state index contributed by atoms with van der Waals surface area (Å²) < 4.78 is 28.6. The van der Waals surface area contributed by atoms with Crippen LogP contribution in [0, 0.1) is 0 Å². The number of nitrogens with zero attached hydrogens (tertiary/aromatic N) is 2. The number of primary sulfonamides is 1. The van der Waals surface area contributed by atoms with Crippen molar-refractivity contribution in [3.8, 4) is 0 Å². The van der Waals surface area contributed by atoms with Crippen LogP contribution in [0.1, 0.15) is 19.4 Å². The maximum Gasteiger partial charge on any atom is 0.241 e. The molecule has 0 unspecified atom stereocenters. The van der Waals surface area contributed by atoms with Crippen molar-refractivity contribution in [2.45, 2.75) is 37.4 Å². The number of hydrogen-bond donors (Lipinski definition) is 1. The average molecular weight is 353 g/mol. The lowest BCUT2D eigenvalue weighted by Gasteiger charge is -2.35. The number of carbonyl (C=O) groups excluding carboxylic acids is 1. The molecular weight excluding hydrogens is 330 g/mol. The summed E-state index contributed by atoms with van der Waals surface area (Å²) in [7, 11) is -3.72. The van der Waals surface area contributed by atoms with Crippen molar-refractivity contribution in [3.05, 3.63) is 23.8 Å². The van der Waals surface area contributed by atoms with Crippen molar-refractivity contribution in [1.82, 2.24) is 4.90 Å². The monoisotopic (exact) mass is 353 g/mol. The molecule has 132 valence electrons. The Morgan fingerprint density at radius 1 is 1.29 bits per heavy atom. The van der Waals surface area contributed by atoms with Crippen molar-refractivity contribution in [2.75, 3.05) is 31.1 Å². The number of benzene rings is 1. The van der Waals surface area contributed by atoms with Gasteiger partial charge in [0.15, 0.2) is 0 Å². The highest BCUT2D eigenvalue weighted by molar-refractivity contribution is 7.89. The third-order valence-electron chi connectivity index (χ3n) is 4.43. The molecular formula is C16H23N3O4S. The molecule has 2 heterocycles. The molecule has 0 bridgehead atoms. The summed E-state index contributed by atoms with van der Waals surface area (Å²) in [5, 5.41) is 5.17. The lowest BCUT2D eigenvalue weighted by Crippen LogP contribution is -2.49. The normalized spacial score (nSPS) is 24.9. The third-order valence-corrected chi connectivity index (χ3v) is 5.34. The first-order valence-electron chi connectivity index (χ1n) is 8.08. The Kier molecular flexibility index (Phi) is 4.65. The van der Waals surface area contributed by atoms with Crippen molar-refractivity contribution >= 4 is 21.6 Å². The van der Waals surface area contributed by atoms with E-state index in [1.807, 2.05) is 13.8 Å². The van der Waals surface area contributed by atoms with E-state index >= 15 is 0 Å². The van der Waals surface area contributed by atoms with Crippen LogP contribution in [0.4, 0.5) is 5.69 Å². The first-order chi connectivity index (χ1) is 11.2. The number of sulfonamides is 1. The zero-order valence-electron chi connectivity index (χ0n) is 13.9. The molecule has 7 nitrogen and oxygen atoms in total. The third kappa shape index (κ3) is 3.61. The minimum Gasteiger partial charge on any atom is -0.373 e. The van der Waals surface area contributed by atoms with E-state index in [2.05, 4.69) is 4.90 Å². The highest BCUT2D eigenvalue weighted by atomic mass is 32.2. The van der Waals surface area contributed by atoms with Gasteiger partial charge in [-0.15, -0.1) is 0 Å². The molecule has 0 saturated carbocycles. The van der Waals surface area contributed by atoms with E-state index in [9.17, 15) is 13.2 Å². The second-order valence-electron chi connectivity index (χ2n) is 6.58. The molecule has 0 spiro atoms. The topological polar surface area (TPSA) is 92.9 Å². The quantitative estimate of drug-likeness (QED) is 0.845. The van der Waals surface area contributed by atoms with Crippen LogP contribution in [0.3, 0.4) is 0 Å². The van der Waals surface area contributed by atoms with Gasteiger partial charge in [-0.3, -0.25) is 9.69 Å². The molecule has 24 heavy (non-hydrogen) atoms. The zero-order valence-corrected chi connectivity index (χ0v) is 14.8. The molecule has 0 aliphatic carbocycles. The van der Waals surface area contributed by atoms with Gasteiger partial charge < -0.3 is 9.64 Å². The van der Waals surface area contributed by atoms with Gasteiger partial charge in [-0.25, -0.2) is 13.6 Å². The van der Waals surface area contributed by atoms with Gasteiger partial charge in [0.2, 0.25) is 15.9 Å². The maximum atomic E-state index is 12.7. The Hall–Kier alpha value is -1.48. The maximum absolute atomic E-state index is 12.7. The van der Waals surface area contributed by atoms with Gasteiger partial charge in [0.25, 0.3) is 0 Å². The van der Waals surface area contributed by atoms with Crippen molar-refractivity contribution in [3.63, 3.8) is 0 Å². The molecule has 2 aliphatic heterocycles. The van der Waals surface area contributed by atoms with E-state index in [0.717, 1.165) is 24.3 Å². The van der Waals surface area contributed by atoms with E-state index in [-0.39, 0.29) is 23.0 Å². The summed E-state index contributed by atoms with van der Waals surface area (Å²) in [6, 6.07) is 4.69. The van der Waals surface area contributed by atoms with Gasteiger partial charge in [-0.2, -0.15) is 0 Å². The molecule has 1 aromatic rings. The highest BCUT2D eigenvalue weighted by Gasteiger charge is 2.29. The molecule has 1 fully saturated rings. The summed E-state index contributed by atoms with van der Waals surface area (Å²) >= 11 is 0. The zero-order chi connectivity index (χ0) is 17.5. The first-order valence-corrected chi connectivity index (χ1v) is 9.62. The summed E-state index contributed by atoms with van der Waals surface area (Å²) in [4.78, 5) is 16.6. The van der Waals surface area contributed by atoms with Crippen LogP contribution in [-0.4, -0.2) is 57.6 Å². The Morgan fingerprint density at radius 3 is 2.58 bits per heavy atom. The van der Waals surface area contributed by atoms with E-state index in [4.69, 9.17) is 9.88 Å². The molecule has 8 heteroatoms. The predicted molar refractivity (Wildman–Crippen MR) is 90.3 cm³/mol. The number of carbonyl (C=O) groups is 1. The minimum absolute atomic E-state index is 0.0263. The summed E-state index contributed by atoms with van der Waals surface area (Å²) in [6.45, 7) is 6.40. The van der Waals surface area contributed by atoms with Crippen LogP contribution in [0.2, 0.25) is 0 Å². The molecule has 2 aliphatic rings. The summed E-state index contributed by atoms with van der Waals surface area (Å²) in [5.41, 5.74) is 1.63. The second-order valence-corrected chi connectivity index (χ2v) is 8.14. The molecule has 2 atom stereocenters. The van der Waals surface area contributed by atoms with Gasteiger partial charge >= 0.3 is 0 Å². The molecule has 0 aromatic heterocycles. The smallest absolute Gasteiger partial charge is 0.241 e. The lowest BCUT2D eigenvalue weighted by atomic mass is 10.2. The minimum atomic E-state index is -3.72. The lowest BCUT2D eigenvalue weighted by molar-refractivity contribution is -0.123. The van der Waals surface area contributed by atoms with Crippen molar-refractivity contribution in [2.24, 2.45) is 5.14 Å². The molecule has 2 N–H and O–H groups in total. The van der Waals surface area contributed by atoms with Crippen molar-refractivity contribution in [1.29, 1.82) is 0 Å². The van der Waals surface area contributed by atoms with Crippen LogP contribution >= 0.6 is 0 Å². The van der Waals surface area contributed by atoms with Gasteiger partial charge in [0.05, 0.1) is 23.6 Å². The predicted octanol–water partition coefficient (Wildman–Crippen LogP) is 0.332.